The van der Waals surface area contributed by atoms with Gasteiger partial charge < -0.3 is 0 Å². The molecule has 0 aliphatic carbocycles. The number of hydroxylamine groups is 2. The van der Waals surface area contributed by atoms with E-state index in [2.05, 4.69) is 20.8 Å². The fourth-order valence-corrected chi connectivity index (χ4v) is 2.25. The molecule has 5 nitrogen and oxygen atoms in total. The van der Waals surface area contributed by atoms with Crippen LogP contribution >= 0.6 is 11.8 Å². The summed E-state index contributed by atoms with van der Waals surface area (Å²) in [4.78, 5) is 17.8. The molecule has 2 heterocycles. The molecule has 68 valence electrons. The third kappa shape index (κ3) is 1.56. The summed E-state index contributed by atoms with van der Waals surface area (Å²) in [7, 11) is 0. The summed E-state index contributed by atoms with van der Waals surface area (Å²) < 4.78 is 0. The average Bonchev–Trinajstić information content (AvgIpc) is 2.53. The zero-order valence-electron chi connectivity index (χ0n) is 6.58. The minimum absolute atomic E-state index is 0.0955. The molecule has 1 unspecified atom stereocenters. The summed E-state index contributed by atoms with van der Waals surface area (Å²) >= 11 is 1.92. The average molecular weight is 189 g/mol. The van der Waals surface area contributed by atoms with Gasteiger partial charge in [-0.05, 0) is 0 Å². The molecule has 0 bridgehead atoms. The maximum Gasteiger partial charge on any atom is 0.279 e. The number of hydrogen-bond donors (Lipinski definition) is 2. The van der Waals surface area contributed by atoms with Crippen molar-refractivity contribution in [2.75, 3.05) is 24.6 Å². The van der Waals surface area contributed by atoms with Crippen LogP contribution < -0.4 is 11.0 Å². The van der Waals surface area contributed by atoms with Crippen LogP contribution in [0.4, 0.5) is 0 Å². The number of rotatable bonds is 1. The number of thioether (sulfide) groups is 1. The second kappa shape index (κ2) is 3.61. The summed E-state index contributed by atoms with van der Waals surface area (Å²) in [6.45, 7) is 1.89. The zero-order valence-corrected chi connectivity index (χ0v) is 7.39. The van der Waals surface area contributed by atoms with Crippen LogP contribution in [0.1, 0.15) is 0 Å². The van der Waals surface area contributed by atoms with Crippen molar-refractivity contribution in [2.24, 2.45) is 0 Å². The van der Waals surface area contributed by atoms with Gasteiger partial charge in [0.15, 0.2) is 6.17 Å². The molecule has 2 rings (SSSR count). The van der Waals surface area contributed by atoms with E-state index in [0.717, 1.165) is 24.6 Å². The third-order valence-electron chi connectivity index (χ3n) is 1.98. The van der Waals surface area contributed by atoms with Crippen LogP contribution in [0.25, 0.3) is 0 Å². The fraction of sp³-hybridized carbons (Fsp3) is 0.833. The van der Waals surface area contributed by atoms with Gasteiger partial charge in [-0.1, -0.05) is 0 Å². The minimum Gasteiger partial charge on any atom is -0.277 e. The van der Waals surface area contributed by atoms with Crippen molar-refractivity contribution in [2.45, 2.75) is 6.17 Å². The summed E-state index contributed by atoms with van der Waals surface area (Å²) in [5.41, 5.74) is 4.90. The van der Waals surface area contributed by atoms with Gasteiger partial charge in [-0.15, -0.1) is 5.48 Å². The van der Waals surface area contributed by atoms with Crippen LogP contribution in [-0.4, -0.2) is 41.6 Å². The molecule has 12 heavy (non-hydrogen) atoms. The maximum absolute atomic E-state index is 11.1. The highest BCUT2D eigenvalue weighted by Crippen LogP contribution is 2.12. The van der Waals surface area contributed by atoms with Crippen LogP contribution in [0.2, 0.25) is 0 Å². The van der Waals surface area contributed by atoms with Gasteiger partial charge in [0.1, 0.15) is 0 Å². The molecule has 2 saturated heterocycles. The lowest BCUT2D eigenvalue weighted by molar-refractivity contribution is -0.126. The molecular weight excluding hydrogens is 178 g/mol. The third-order valence-corrected chi connectivity index (χ3v) is 2.92. The molecule has 1 atom stereocenters. The lowest BCUT2D eigenvalue weighted by atomic mass is 10.4. The highest BCUT2D eigenvalue weighted by atomic mass is 32.2. The van der Waals surface area contributed by atoms with Crippen molar-refractivity contribution in [1.82, 2.24) is 15.9 Å². The number of carbonyl (C=O) groups excluding carboxylic acids is 1. The monoisotopic (exact) mass is 189 g/mol. The Balaban J connectivity index is 1.93. The van der Waals surface area contributed by atoms with E-state index in [1.165, 1.54) is 0 Å². The molecule has 2 fully saturated rings. The van der Waals surface area contributed by atoms with Gasteiger partial charge in [-0.2, -0.15) is 16.7 Å². The first-order valence-electron chi connectivity index (χ1n) is 3.91. The Morgan fingerprint density at radius 2 is 2.25 bits per heavy atom. The van der Waals surface area contributed by atoms with Gasteiger partial charge in [0.2, 0.25) is 0 Å². The highest BCUT2D eigenvalue weighted by Gasteiger charge is 2.31. The summed E-state index contributed by atoms with van der Waals surface area (Å²) in [6.07, 6.45) is -0.286. The van der Waals surface area contributed by atoms with Gasteiger partial charge in [-0.25, -0.2) is 5.48 Å². The van der Waals surface area contributed by atoms with Gasteiger partial charge in [0.25, 0.3) is 5.91 Å². The number of hydrogen-bond acceptors (Lipinski definition) is 5. The normalized spacial score (nSPS) is 32.0. The summed E-state index contributed by atoms with van der Waals surface area (Å²) in [6, 6.07) is 0. The fourth-order valence-electron chi connectivity index (χ4n) is 1.32. The van der Waals surface area contributed by atoms with E-state index in [1.807, 2.05) is 11.8 Å². The Hall–Kier alpha value is -0.300. The van der Waals surface area contributed by atoms with E-state index in [-0.39, 0.29) is 12.1 Å². The summed E-state index contributed by atoms with van der Waals surface area (Å²) in [5.74, 6) is 2.08. The first-order valence-corrected chi connectivity index (χ1v) is 5.06. The second-order valence-electron chi connectivity index (χ2n) is 2.74. The van der Waals surface area contributed by atoms with Crippen LogP contribution in [0.15, 0.2) is 0 Å². The first-order chi connectivity index (χ1) is 5.88. The topological polar surface area (TPSA) is 53.6 Å². The zero-order chi connectivity index (χ0) is 8.39. The van der Waals surface area contributed by atoms with Gasteiger partial charge in [0, 0.05) is 24.6 Å². The number of nitrogens with zero attached hydrogens (tertiary/aromatic N) is 1. The highest BCUT2D eigenvalue weighted by molar-refractivity contribution is 7.99. The molecule has 2 N–H and O–H groups in total. The van der Waals surface area contributed by atoms with E-state index in [9.17, 15) is 4.79 Å². The van der Waals surface area contributed by atoms with Crippen molar-refractivity contribution < 1.29 is 9.73 Å². The molecular formula is C6H11N3O2S. The van der Waals surface area contributed by atoms with Crippen molar-refractivity contribution in [3.8, 4) is 0 Å². The minimum atomic E-state index is -0.286. The van der Waals surface area contributed by atoms with Crippen LogP contribution in [-0.2, 0) is 9.73 Å². The van der Waals surface area contributed by atoms with Crippen molar-refractivity contribution in [3.05, 3.63) is 0 Å². The molecule has 1 amide bonds. The van der Waals surface area contributed by atoms with Crippen molar-refractivity contribution in [3.63, 3.8) is 0 Å². The second-order valence-corrected chi connectivity index (χ2v) is 3.96. The molecule has 0 saturated carbocycles. The van der Waals surface area contributed by atoms with Crippen LogP contribution in [0.5, 0.6) is 0 Å². The molecule has 2 aliphatic rings. The Kier molecular flexibility index (Phi) is 2.50. The van der Waals surface area contributed by atoms with Crippen LogP contribution in [0.3, 0.4) is 0 Å². The number of amides is 1. The van der Waals surface area contributed by atoms with Crippen molar-refractivity contribution in [1.29, 1.82) is 0 Å². The SMILES string of the molecule is O=C1NONC1N1CCSCC1. The van der Waals surface area contributed by atoms with E-state index in [1.54, 1.807) is 0 Å². The van der Waals surface area contributed by atoms with Gasteiger partial charge in [0.05, 0.1) is 0 Å². The van der Waals surface area contributed by atoms with E-state index in [0.29, 0.717) is 0 Å². The van der Waals surface area contributed by atoms with Crippen LogP contribution in [0, 0.1) is 0 Å². The standard InChI is InChI=1S/C6H11N3O2S/c10-6-5(7-11-8-6)9-1-3-12-4-2-9/h5,7H,1-4H2,(H,8,10). The largest absolute Gasteiger partial charge is 0.279 e. The van der Waals surface area contributed by atoms with E-state index in [4.69, 9.17) is 0 Å². The maximum atomic E-state index is 11.1. The Morgan fingerprint density at radius 3 is 2.83 bits per heavy atom. The quantitative estimate of drug-likeness (QED) is 0.550. The Labute approximate surface area is 74.7 Å². The van der Waals surface area contributed by atoms with Crippen molar-refractivity contribution >= 4 is 17.7 Å². The molecule has 0 radical (unpaired) electrons. The molecule has 0 aromatic heterocycles. The molecule has 2 aliphatic heterocycles. The molecule has 6 heteroatoms. The Morgan fingerprint density at radius 1 is 1.50 bits per heavy atom. The first kappa shape index (κ1) is 8.31. The summed E-state index contributed by atoms with van der Waals surface area (Å²) in [5, 5.41) is 0. The lowest BCUT2D eigenvalue weighted by Crippen LogP contribution is -2.49. The van der Waals surface area contributed by atoms with E-state index < -0.39 is 0 Å². The lowest BCUT2D eigenvalue weighted by Gasteiger charge is -2.28. The predicted octanol–water partition coefficient (Wildman–Crippen LogP) is -1.07. The molecule has 0 aromatic carbocycles. The van der Waals surface area contributed by atoms with Gasteiger partial charge >= 0.3 is 0 Å². The van der Waals surface area contributed by atoms with E-state index >= 15 is 0 Å². The number of carbonyl (C=O) groups is 1. The Bertz CT molecular complexity index is 184. The molecule has 0 aromatic rings. The molecule has 0 spiro atoms. The number of nitrogens with one attached hydrogen (secondary N) is 2. The smallest absolute Gasteiger partial charge is 0.277 e. The predicted molar refractivity (Wildman–Crippen MR) is 45.0 cm³/mol. The van der Waals surface area contributed by atoms with Gasteiger partial charge in [-0.3, -0.25) is 9.69 Å².